The molecule has 3 nitrogen and oxygen atoms in total. The summed E-state index contributed by atoms with van der Waals surface area (Å²) in [4.78, 5) is 6.36. The van der Waals surface area contributed by atoms with Gasteiger partial charge < -0.3 is 10.6 Å². The van der Waals surface area contributed by atoms with E-state index in [1.54, 1.807) is 0 Å². The molecule has 0 aliphatic heterocycles. The quantitative estimate of drug-likeness (QED) is 0.837. The molecule has 18 heavy (non-hydrogen) atoms. The maximum atomic E-state index is 5.86. The predicted molar refractivity (Wildman–Crippen MR) is 76.6 cm³/mol. The Bertz CT molecular complexity index is 508. The van der Waals surface area contributed by atoms with Gasteiger partial charge >= 0.3 is 0 Å². The third-order valence-electron chi connectivity index (χ3n) is 3.12. The first-order chi connectivity index (χ1) is 8.70. The molecule has 0 radical (unpaired) electrons. The number of aromatic nitrogens is 1. The average Bonchev–Trinajstić information content (AvgIpc) is 2.40. The van der Waals surface area contributed by atoms with Crippen LogP contribution in [0.1, 0.15) is 18.1 Å². The number of pyridine rings is 1. The van der Waals surface area contributed by atoms with Crippen molar-refractivity contribution in [2.24, 2.45) is 0 Å². The molecule has 0 unspecified atom stereocenters. The van der Waals surface area contributed by atoms with Gasteiger partial charge in [-0.05, 0) is 55.3 Å². The van der Waals surface area contributed by atoms with Crippen LogP contribution in [0.3, 0.4) is 0 Å². The van der Waals surface area contributed by atoms with E-state index in [1.165, 1.54) is 11.3 Å². The second-order valence-electron chi connectivity index (χ2n) is 4.41. The van der Waals surface area contributed by atoms with Crippen molar-refractivity contribution in [1.29, 1.82) is 0 Å². The number of nitrogens with zero attached hydrogens (tertiary/aromatic N) is 2. The van der Waals surface area contributed by atoms with E-state index in [4.69, 9.17) is 5.73 Å². The largest absolute Gasteiger partial charge is 0.399 e. The lowest BCUT2D eigenvalue weighted by molar-refractivity contribution is 0.830. The zero-order valence-electron chi connectivity index (χ0n) is 10.9. The van der Waals surface area contributed by atoms with Crippen LogP contribution >= 0.6 is 0 Å². The molecule has 0 atom stereocenters. The lowest BCUT2D eigenvalue weighted by Gasteiger charge is -2.24. The van der Waals surface area contributed by atoms with E-state index < -0.39 is 0 Å². The molecule has 1 heterocycles. The lowest BCUT2D eigenvalue weighted by Crippen LogP contribution is -2.22. The topological polar surface area (TPSA) is 42.2 Å². The van der Waals surface area contributed by atoms with E-state index in [1.807, 2.05) is 37.5 Å². The first kappa shape index (κ1) is 12.4. The Morgan fingerprint density at radius 1 is 1.17 bits per heavy atom. The van der Waals surface area contributed by atoms with Crippen LogP contribution in [-0.4, -0.2) is 11.5 Å². The molecule has 0 aliphatic rings. The van der Waals surface area contributed by atoms with Crippen molar-refractivity contribution in [3.05, 3.63) is 53.9 Å². The standard InChI is InChI=1S/C15H19N3/c1-3-18(11-13-6-8-17-9-7-13)14-4-5-15(16)12(2)10-14/h4-10H,3,11,16H2,1-2H3. The molecule has 1 aromatic carbocycles. The van der Waals surface area contributed by atoms with Gasteiger partial charge in [-0.15, -0.1) is 0 Å². The van der Waals surface area contributed by atoms with Crippen LogP contribution in [0.2, 0.25) is 0 Å². The summed E-state index contributed by atoms with van der Waals surface area (Å²) >= 11 is 0. The van der Waals surface area contributed by atoms with Crippen LogP contribution in [0.25, 0.3) is 0 Å². The summed E-state index contributed by atoms with van der Waals surface area (Å²) in [5.41, 5.74) is 10.3. The van der Waals surface area contributed by atoms with E-state index in [0.29, 0.717) is 0 Å². The number of benzene rings is 1. The lowest BCUT2D eigenvalue weighted by atomic mass is 10.1. The van der Waals surface area contributed by atoms with Crippen molar-refractivity contribution < 1.29 is 0 Å². The average molecular weight is 241 g/mol. The van der Waals surface area contributed by atoms with Gasteiger partial charge in [-0.3, -0.25) is 4.98 Å². The number of hydrogen-bond donors (Lipinski definition) is 1. The summed E-state index contributed by atoms with van der Waals surface area (Å²) in [5, 5.41) is 0. The van der Waals surface area contributed by atoms with Gasteiger partial charge in [0.05, 0.1) is 0 Å². The minimum Gasteiger partial charge on any atom is -0.399 e. The minimum absolute atomic E-state index is 0.846. The maximum absolute atomic E-state index is 5.86. The van der Waals surface area contributed by atoms with Crippen molar-refractivity contribution in [1.82, 2.24) is 4.98 Å². The van der Waals surface area contributed by atoms with Crippen molar-refractivity contribution in [2.75, 3.05) is 17.2 Å². The summed E-state index contributed by atoms with van der Waals surface area (Å²) in [6.45, 7) is 6.06. The summed E-state index contributed by atoms with van der Waals surface area (Å²) in [6.07, 6.45) is 3.66. The van der Waals surface area contributed by atoms with Gasteiger partial charge in [0.25, 0.3) is 0 Å². The summed E-state index contributed by atoms with van der Waals surface area (Å²) in [7, 11) is 0. The number of anilines is 2. The van der Waals surface area contributed by atoms with Crippen molar-refractivity contribution in [2.45, 2.75) is 20.4 Å². The predicted octanol–water partition coefficient (Wildman–Crippen LogP) is 3.00. The van der Waals surface area contributed by atoms with E-state index >= 15 is 0 Å². The zero-order valence-corrected chi connectivity index (χ0v) is 10.9. The first-order valence-electron chi connectivity index (χ1n) is 6.20. The highest BCUT2D eigenvalue weighted by Crippen LogP contribution is 2.21. The third kappa shape index (κ3) is 2.80. The Morgan fingerprint density at radius 2 is 1.89 bits per heavy atom. The Balaban J connectivity index is 2.20. The van der Waals surface area contributed by atoms with Gasteiger partial charge in [-0.25, -0.2) is 0 Å². The van der Waals surface area contributed by atoms with E-state index in [0.717, 1.165) is 24.3 Å². The molecular weight excluding hydrogens is 222 g/mol. The highest BCUT2D eigenvalue weighted by atomic mass is 15.1. The molecule has 3 heteroatoms. The van der Waals surface area contributed by atoms with Gasteiger partial charge in [0.2, 0.25) is 0 Å². The van der Waals surface area contributed by atoms with Gasteiger partial charge in [0, 0.05) is 36.9 Å². The molecule has 1 aromatic heterocycles. The summed E-state index contributed by atoms with van der Waals surface area (Å²) < 4.78 is 0. The molecule has 2 N–H and O–H groups in total. The van der Waals surface area contributed by atoms with Crippen LogP contribution in [0, 0.1) is 6.92 Å². The molecule has 0 spiro atoms. The first-order valence-corrected chi connectivity index (χ1v) is 6.20. The van der Waals surface area contributed by atoms with E-state index in [-0.39, 0.29) is 0 Å². The second-order valence-corrected chi connectivity index (χ2v) is 4.41. The minimum atomic E-state index is 0.846. The zero-order chi connectivity index (χ0) is 13.0. The van der Waals surface area contributed by atoms with Gasteiger partial charge in [-0.1, -0.05) is 0 Å². The van der Waals surface area contributed by atoms with Crippen LogP contribution in [0.15, 0.2) is 42.7 Å². The molecular formula is C15H19N3. The number of aryl methyl sites for hydroxylation is 1. The van der Waals surface area contributed by atoms with Crippen molar-refractivity contribution in [3.8, 4) is 0 Å². The number of nitrogen functional groups attached to an aromatic ring is 1. The van der Waals surface area contributed by atoms with Crippen molar-refractivity contribution >= 4 is 11.4 Å². The smallest absolute Gasteiger partial charge is 0.0430 e. The van der Waals surface area contributed by atoms with Crippen LogP contribution < -0.4 is 10.6 Å². The molecule has 0 amide bonds. The summed E-state index contributed by atoms with van der Waals surface area (Å²) in [6, 6.07) is 10.3. The molecule has 2 rings (SSSR count). The fraction of sp³-hybridized carbons (Fsp3) is 0.267. The number of hydrogen-bond acceptors (Lipinski definition) is 3. The molecule has 94 valence electrons. The SMILES string of the molecule is CCN(Cc1ccncc1)c1ccc(N)c(C)c1. The van der Waals surface area contributed by atoms with E-state index in [2.05, 4.69) is 28.9 Å². The Hall–Kier alpha value is -2.03. The second kappa shape index (κ2) is 5.54. The van der Waals surface area contributed by atoms with Crippen molar-refractivity contribution in [3.63, 3.8) is 0 Å². The Labute approximate surface area is 108 Å². The van der Waals surface area contributed by atoms with E-state index in [9.17, 15) is 0 Å². The highest BCUT2D eigenvalue weighted by molar-refractivity contribution is 5.58. The summed E-state index contributed by atoms with van der Waals surface area (Å²) in [5.74, 6) is 0. The maximum Gasteiger partial charge on any atom is 0.0430 e. The number of rotatable bonds is 4. The Morgan fingerprint density at radius 3 is 2.50 bits per heavy atom. The van der Waals surface area contributed by atoms with Gasteiger partial charge in [-0.2, -0.15) is 0 Å². The molecule has 0 fully saturated rings. The normalized spacial score (nSPS) is 10.3. The highest BCUT2D eigenvalue weighted by Gasteiger charge is 2.06. The molecule has 0 saturated heterocycles. The van der Waals surface area contributed by atoms with Gasteiger partial charge in [0.15, 0.2) is 0 Å². The fourth-order valence-electron chi connectivity index (χ4n) is 1.95. The fourth-order valence-corrected chi connectivity index (χ4v) is 1.95. The third-order valence-corrected chi connectivity index (χ3v) is 3.12. The number of nitrogens with two attached hydrogens (primary N) is 1. The molecule has 0 aliphatic carbocycles. The van der Waals surface area contributed by atoms with Crippen LogP contribution in [-0.2, 0) is 6.54 Å². The Kier molecular flexibility index (Phi) is 3.82. The molecule has 0 saturated carbocycles. The molecule has 0 bridgehead atoms. The molecule has 2 aromatic rings. The van der Waals surface area contributed by atoms with Crippen LogP contribution in [0.5, 0.6) is 0 Å². The van der Waals surface area contributed by atoms with Gasteiger partial charge in [0.1, 0.15) is 0 Å². The van der Waals surface area contributed by atoms with Crippen LogP contribution in [0.4, 0.5) is 11.4 Å². The monoisotopic (exact) mass is 241 g/mol.